The Bertz CT molecular complexity index is 840. The number of carbonyl (C=O) groups is 2. The number of benzene rings is 1. The minimum Gasteiger partial charge on any atom is -0.372 e. The third-order valence-corrected chi connectivity index (χ3v) is 4.94. The molecule has 28 heavy (non-hydrogen) atoms. The van der Waals surface area contributed by atoms with Crippen LogP contribution in [0.15, 0.2) is 55.3 Å². The summed E-state index contributed by atoms with van der Waals surface area (Å²) in [6, 6.07) is 11.0. The molecular weight excluding hydrogens is 352 g/mol. The molecule has 1 fully saturated rings. The lowest BCUT2D eigenvalue weighted by atomic mass is 9.99. The minimum atomic E-state index is -0.338. The van der Waals surface area contributed by atoms with Gasteiger partial charge in [-0.25, -0.2) is 0 Å². The van der Waals surface area contributed by atoms with Crippen LogP contribution in [0.2, 0.25) is 0 Å². The van der Waals surface area contributed by atoms with E-state index in [1.807, 2.05) is 24.3 Å². The number of nitrogens with zero attached hydrogens (tertiary/aromatic N) is 2. The van der Waals surface area contributed by atoms with Gasteiger partial charge in [-0.1, -0.05) is 13.0 Å². The van der Waals surface area contributed by atoms with Gasteiger partial charge in [-0.15, -0.1) is 6.58 Å². The molecule has 0 atom stereocenters. The maximum atomic E-state index is 12.5. The van der Waals surface area contributed by atoms with Gasteiger partial charge in [0, 0.05) is 42.8 Å². The fourth-order valence-corrected chi connectivity index (χ4v) is 3.18. The molecule has 1 aliphatic heterocycles. The van der Waals surface area contributed by atoms with Crippen LogP contribution in [0.4, 0.5) is 11.4 Å². The zero-order valence-electron chi connectivity index (χ0n) is 16.1. The van der Waals surface area contributed by atoms with Gasteiger partial charge in [0.05, 0.1) is 0 Å². The van der Waals surface area contributed by atoms with E-state index in [0.29, 0.717) is 17.8 Å². The maximum Gasteiger partial charge on any atom is 0.270 e. The van der Waals surface area contributed by atoms with Crippen molar-refractivity contribution in [2.45, 2.75) is 19.8 Å². The van der Waals surface area contributed by atoms with Gasteiger partial charge >= 0.3 is 0 Å². The molecule has 2 N–H and O–H groups in total. The summed E-state index contributed by atoms with van der Waals surface area (Å²) in [4.78, 5) is 30.9. The molecule has 0 saturated carbocycles. The number of amides is 2. The van der Waals surface area contributed by atoms with Crippen LogP contribution in [0.5, 0.6) is 0 Å². The second-order valence-corrected chi connectivity index (χ2v) is 7.10. The van der Waals surface area contributed by atoms with E-state index >= 15 is 0 Å². The molecule has 1 saturated heterocycles. The van der Waals surface area contributed by atoms with Gasteiger partial charge in [0.25, 0.3) is 11.8 Å². The highest BCUT2D eigenvalue weighted by Crippen LogP contribution is 2.24. The van der Waals surface area contributed by atoms with Crippen molar-refractivity contribution in [1.29, 1.82) is 0 Å². The lowest BCUT2D eigenvalue weighted by Gasteiger charge is -2.32. The van der Waals surface area contributed by atoms with E-state index in [4.69, 9.17) is 0 Å². The average Bonchev–Trinajstić information content (AvgIpc) is 2.73. The normalized spacial score (nSPS) is 14.4. The van der Waals surface area contributed by atoms with Gasteiger partial charge in [-0.3, -0.25) is 14.6 Å². The van der Waals surface area contributed by atoms with Crippen LogP contribution in [0.1, 0.15) is 40.6 Å². The number of piperidine rings is 1. The Balaban J connectivity index is 1.63. The van der Waals surface area contributed by atoms with Crippen molar-refractivity contribution in [2.24, 2.45) is 5.92 Å². The third kappa shape index (κ3) is 4.97. The minimum absolute atomic E-state index is 0.198. The summed E-state index contributed by atoms with van der Waals surface area (Å²) in [6.07, 6.45) is 5.47. The van der Waals surface area contributed by atoms with Crippen LogP contribution in [0.25, 0.3) is 0 Å². The number of hydrogen-bond donors (Lipinski definition) is 2. The summed E-state index contributed by atoms with van der Waals surface area (Å²) < 4.78 is 0. The van der Waals surface area contributed by atoms with Crippen LogP contribution in [-0.4, -0.2) is 36.4 Å². The highest BCUT2D eigenvalue weighted by molar-refractivity contribution is 6.05. The second kappa shape index (κ2) is 9.17. The van der Waals surface area contributed by atoms with E-state index < -0.39 is 0 Å². The van der Waals surface area contributed by atoms with Crippen molar-refractivity contribution in [2.75, 3.05) is 29.9 Å². The molecular formula is C22H26N4O2. The smallest absolute Gasteiger partial charge is 0.270 e. The monoisotopic (exact) mass is 378 g/mol. The molecule has 0 spiro atoms. The van der Waals surface area contributed by atoms with E-state index in [2.05, 4.69) is 34.0 Å². The third-order valence-electron chi connectivity index (χ3n) is 4.94. The van der Waals surface area contributed by atoms with Gasteiger partial charge in [0.1, 0.15) is 5.69 Å². The molecule has 1 aromatic carbocycles. The number of pyridine rings is 1. The quantitative estimate of drug-likeness (QED) is 0.755. The lowest BCUT2D eigenvalue weighted by molar-refractivity contribution is 0.0953. The highest BCUT2D eigenvalue weighted by Gasteiger charge is 2.16. The van der Waals surface area contributed by atoms with Crippen molar-refractivity contribution in [1.82, 2.24) is 10.3 Å². The molecule has 6 heteroatoms. The highest BCUT2D eigenvalue weighted by atomic mass is 16.2. The zero-order valence-corrected chi connectivity index (χ0v) is 16.1. The van der Waals surface area contributed by atoms with Crippen molar-refractivity contribution in [3.63, 3.8) is 0 Å². The number of nitrogens with one attached hydrogen (secondary N) is 2. The first kappa shape index (κ1) is 19.6. The number of aromatic nitrogens is 1. The SMILES string of the molecule is C=CCNC(=O)c1cc(C(=O)Nc2ccc(N3CCC(C)CC3)cc2)ccn1. The van der Waals surface area contributed by atoms with Crippen LogP contribution in [-0.2, 0) is 0 Å². The Morgan fingerprint density at radius 1 is 1.18 bits per heavy atom. The Kier molecular flexibility index (Phi) is 6.42. The Morgan fingerprint density at radius 2 is 1.89 bits per heavy atom. The lowest BCUT2D eigenvalue weighted by Crippen LogP contribution is -2.32. The van der Waals surface area contributed by atoms with Crippen LogP contribution in [0, 0.1) is 5.92 Å². The van der Waals surface area contributed by atoms with Crippen LogP contribution >= 0.6 is 0 Å². The number of carbonyl (C=O) groups excluding carboxylic acids is 2. The summed E-state index contributed by atoms with van der Waals surface area (Å²) in [7, 11) is 0. The van der Waals surface area contributed by atoms with Crippen molar-refractivity contribution < 1.29 is 9.59 Å². The van der Waals surface area contributed by atoms with Gasteiger partial charge in [0.2, 0.25) is 0 Å². The van der Waals surface area contributed by atoms with Crippen molar-refractivity contribution >= 4 is 23.2 Å². The Hall–Kier alpha value is -3.15. The second-order valence-electron chi connectivity index (χ2n) is 7.10. The molecule has 2 aromatic rings. The fourth-order valence-electron chi connectivity index (χ4n) is 3.18. The first-order valence-corrected chi connectivity index (χ1v) is 9.58. The van der Waals surface area contributed by atoms with Gasteiger partial charge in [-0.05, 0) is 55.2 Å². The van der Waals surface area contributed by atoms with Crippen molar-refractivity contribution in [3.05, 3.63) is 66.5 Å². The molecule has 0 unspecified atom stereocenters. The topological polar surface area (TPSA) is 74.3 Å². The van der Waals surface area contributed by atoms with E-state index in [9.17, 15) is 9.59 Å². The Labute approximate surface area is 165 Å². The van der Waals surface area contributed by atoms with Crippen LogP contribution < -0.4 is 15.5 Å². The molecule has 1 aliphatic rings. The first-order chi connectivity index (χ1) is 13.6. The molecule has 0 aliphatic carbocycles. The summed E-state index contributed by atoms with van der Waals surface area (Å²) in [6.45, 7) is 8.34. The summed E-state index contributed by atoms with van der Waals surface area (Å²) in [5, 5.41) is 5.52. The largest absolute Gasteiger partial charge is 0.372 e. The number of hydrogen-bond acceptors (Lipinski definition) is 4. The van der Waals surface area contributed by atoms with Crippen LogP contribution in [0.3, 0.4) is 0 Å². The first-order valence-electron chi connectivity index (χ1n) is 9.58. The van der Waals surface area contributed by atoms with Gasteiger partial charge < -0.3 is 15.5 Å². The van der Waals surface area contributed by atoms with E-state index in [1.54, 1.807) is 12.1 Å². The molecule has 0 radical (unpaired) electrons. The van der Waals surface area contributed by atoms with E-state index in [1.165, 1.54) is 30.8 Å². The Morgan fingerprint density at radius 3 is 2.57 bits per heavy atom. The molecule has 3 rings (SSSR count). The zero-order chi connectivity index (χ0) is 19.9. The molecule has 2 heterocycles. The predicted octanol–water partition coefficient (Wildman–Crippen LogP) is 3.49. The molecule has 1 aromatic heterocycles. The van der Waals surface area contributed by atoms with E-state index in [0.717, 1.165) is 19.0 Å². The summed E-state index contributed by atoms with van der Waals surface area (Å²) >= 11 is 0. The molecule has 146 valence electrons. The standard InChI is InChI=1S/C22H26N4O2/c1-3-11-24-22(28)20-15-17(8-12-23-20)21(27)25-18-4-6-19(7-5-18)26-13-9-16(2)10-14-26/h3-8,12,15-16H,1,9-11,13-14H2,2H3,(H,24,28)(H,25,27). The summed E-state index contributed by atoms with van der Waals surface area (Å²) in [5.74, 6) is 0.174. The molecule has 0 bridgehead atoms. The predicted molar refractivity (Wildman–Crippen MR) is 112 cm³/mol. The molecule has 2 amide bonds. The fraction of sp³-hybridized carbons (Fsp3) is 0.318. The number of anilines is 2. The van der Waals surface area contributed by atoms with Gasteiger partial charge in [-0.2, -0.15) is 0 Å². The number of rotatable bonds is 6. The van der Waals surface area contributed by atoms with E-state index in [-0.39, 0.29) is 17.5 Å². The van der Waals surface area contributed by atoms with Gasteiger partial charge in [0.15, 0.2) is 0 Å². The maximum absolute atomic E-state index is 12.5. The average molecular weight is 378 g/mol. The van der Waals surface area contributed by atoms with Crippen molar-refractivity contribution in [3.8, 4) is 0 Å². The summed E-state index contributed by atoms with van der Waals surface area (Å²) in [5.41, 5.74) is 2.47. The molecule has 6 nitrogen and oxygen atoms in total.